The summed E-state index contributed by atoms with van der Waals surface area (Å²) in [4.78, 5) is 25.8. The lowest BCUT2D eigenvalue weighted by molar-refractivity contribution is -0.174. The zero-order valence-electron chi connectivity index (χ0n) is 17.1. The van der Waals surface area contributed by atoms with Crippen LogP contribution in [0.25, 0.3) is 0 Å². The number of rotatable bonds is 4. The van der Waals surface area contributed by atoms with Crippen molar-refractivity contribution >= 4 is 11.8 Å². The van der Waals surface area contributed by atoms with Crippen molar-refractivity contribution in [2.45, 2.75) is 77.7 Å². The highest BCUT2D eigenvalue weighted by Gasteiger charge is 2.55. The number of ether oxygens (including phenoxy) is 1. The molecule has 0 saturated heterocycles. The molecule has 4 aliphatic carbocycles. The molecule has 4 fully saturated rings. The van der Waals surface area contributed by atoms with E-state index in [1.54, 1.807) is 6.92 Å². The van der Waals surface area contributed by atoms with E-state index in [9.17, 15) is 9.59 Å². The lowest BCUT2D eigenvalue weighted by Crippen LogP contribution is -2.51. The summed E-state index contributed by atoms with van der Waals surface area (Å²) in [5.41, 5.74) is 1.56. The van der Waals surface area contributed by atoms with E-state index >= 15 is 0 Å². The summed E-state index contributed by atoms with van der Waals surface area (Å²) in [5, 5.41) is 0. The van der Waals surface area contributed by atoms with Gasteiger partial charge in [0.2, 0.25) is 5.78 Å². The summed E-state index contributed by atoms with van der Waals surface area (Å²) in [5.74, 6) is 1.86. The van der Waals surface area contributed by atoms with Crippen molar-refractivity contribution in [1.82, 2.24) is 0 Å². The molecular formula is C24H32O3. The molecule has 27 heavy (non-hydrogen) atoms. The van der Waals surface area contributed by atoms with Crippen LogP contribution < -0.4 is 0 Å². The monoisotopic (exact) mass is 368 g/mol. The van der Waals surface area contributed by atoms with E-state index in [4.69, 9.17) is 4.74 Å². The number of ketones is 1. The SMILES string of the molecule is C[C@@H](OC(=O)C12CC3CC(CC(C3)C1)C2)C(=O)c1ccc(C(C)(C)C)cc1. The summed E-state index contributed by atoms with van der Waals surface area (Å²) in [6.07, 6.45) is 6.08. The Balaban J connectivity index is 1.43. The standard InChI is InChI=1S/C24H32O3/c1-15(21(25)19-5-7-20(8-6-19)23(2,3)4)27-22(26)24-12-16-9-17(13-24)11-18(10-16)14-24/h5-8,15-18H,9-14H2,1-4H3/t15-,16?,17?,18?,24?/m1/s1. The van der Waals surface area contributed by atoms with Gasteiger partial charge in [-0.15, -0.1) is 0 Å². The van der Waals surface area contributed by atoms with E-state index in [1.807, 2.05) is 24.3 Å². The van der Waals surface area contributed by atoms with Crippen molar-refractivity contribution in [1.29, 1.82) is 0 Å². The van der Waals surface area contributed by atoms with Crippen LogP contribution in [-0.4, -0.2) is 17.9 Å². The molecule has 4 bridgehead atoms. The van der Waals surface area contributed by atoms with Crippen molar-refractivity contribution in [3.63, 3.8) is 0 Å². The van der Waals surface area contributed by atoms with E-state index in [0.29, 0.717) is 23.3 Å². The molecule has 0 amide bonds. The van der Waals surface area contributed by atoms with Gasteiger partial charge in [0.1, 0.15) is 0 Å². The highest BCUT2D eigenvalue weighted by atomic mass is 16.5. The minimum atomic E-state index is -0.717. The fourth-order valence-electron chi connectivity index (χ4n) is 6.07. The second kappa shape index (κ2) is 6.46. The van der Waals surface area contributed by atoms with E-state index in [-0.39, 0.29) is 22.6 Å². The topological polar surface area (TPSA) is 43.4 Å². The van der Waals surface area contributed by atoms with E-state index in [0.717, 1.165) is 19.3 Å². The molecule has 0 spiro atoms. The van der Waals surface area contributed by atoms with Gasteiger partial charge in [0.05, 0.1) is 5.41 Å². The predicted octanol–water partition coefficient (Wildman–Crippen LogP) is 5.31. The zero-order valence-corrected chi connectivity index (χ0v) is 17.1. The first-order valence-electron chi connectivity index (χ1n) is 10.5. The third kappa shape index (κ3) is 3.46. The van der Waals surface area contributed by atoms with Crippen molar-refractivity contribution < 1.29 is 14.3 Å². The summed E-state index contributed by atoms with van der Waals surface area (Å²) in [7, 11) is 0. The molecule has 0 aromatic heterocycles. The van der Waals surface area contributed by atoms with Gasteiger partial charge in [0.25, 0.3) is 0 Å². The van der Waals surface area contributed by atoms with Crippen molar-refractivity contribution in [2.24, 2.45) is 23.2 Å². The maximum Gasteiger partial charge on any atom is 0.312 e. The normalized spacial score (nSPS) is 33.0. The number of Topliss-reactive ketones (excluding diaryl/α,β-unsaturated/α-hetero) is 1. The maximum absolute atomic E-state index is 13.1. The third-order valence-electron chi connectivity index (χ3n) is 7.16. The molecule has 0 aliphatic heterocycles. The van der Waals surface area contributed by atoms with Gasteiger partial charge in [-0.2, -0.15) is 0 Å². The molecule has 3 heteroatoms. The van der Waals surface area contributed by atoms with Crippen LogP contribution in [0.15, 0.2) is 24.3 Å². The molecule has 5 rings (SSSR count). The van der Waals surface area contributed by atoms with Gasteiger partial charge >= 0.3 is 5.97 Å². The van der Waals surface area contributed by atoms with E-state index < -0.39 is 6.10 Å². The first-order chi connectivity index (χ1) is 12.7. The zero-order chi connectivity index (χ0) is 19.4. The maximum atomic E-state index is 13.1. The third-order valence-corrected chi connectivity index (χ3v) is 7.16. The van der Waals surface area contributed by atoms with Crippen molar-refractivity contribution in [3.8, 4) is 0 Å². The van der Waals surface area contributed by atoms with Crippen LogP contribution >= 0.6 is 0 Å². The number of benzene rings is 1. The molecular weight excluding hydrogens is 336 g/mol. The van der Waals surface area contributed by atoms with Crippen LogP contribution in [0.3, 0.4) is 0 Å². The van der Waals surface area contributed by atoms with Crippen LogP contribution in [0.5, 0.6) is 0 Å². The number of carbonyl (C=O) groups is 2. The Morgan fingerprint density at radius 2 is 1.44 bits per heavy atom. The Kier molecular flexibility index (Phi) is 4.48. The minimum Gasteiger partial charge on any atom is -0.454 e. The smallest absolute Gasteiger partial charge is 0.312 e. The molecule has 1 atom stereocenters. The molecule has 4 saturated carbocycles. The van der Waals surface area contributed by atoms with Crippen molar-refractivity contribution in [3.05, 3.63) is 35.4 Å². The van der Waals surface area contributed by atoms with Crippen LogP contribution in [0.1, 0.15) is 82.1 Å². The average molecular weight is 369 g/mol. The highest BCUT2D eigenvalue weighted by molar-refractivity contribution is 6.00. The Hall–Kier alpha value is -1.64. The van der Waals surface area contributed by atoms with E-state index in [1.165, 1.54) is 24.8 Å². The molecule has 3 nitrogen and oxygen atoms in total. The lowest BCUT2D eigenvalue weighted by Gasteiger charge is -2.55. The number of esters is 1. The van der Waals surface area contributed by atoms with Crippen molar-refractivity contribution in [2.75, 3.05) is 0 Å². The average Bonchev–Trinajstić information content (AvgIpc) is 2.59. The summed E-state index contributed by atoms with van der Waals surface area (Å²) in [6, 6.07) is 7.72. The fraction of sp³-hybridized carbons (Fsp3) is 0.667. The summed E-state index contributed by atoms with van der Waals surface area (Å²) in [6.45, 7) is 8.18. The quantitative estimate of drug-likeness (QED) is 0.534. The number of hydrogen-bond donors (Lipinski definition) is 0. The summed E-state index contributed by atoms with van der Waals surface area (Å²) >= 11 is 0. The predicted molar refractivity (Wildman–Crippen MR) is 106 cm³/mol. The Labute approximate surface area is 162 Å². The van der Waals surface area contributed by atoms with Gasteiger partial charge in [-0.25, -0.2) is 0 Å². The Morgan fingerprint density at radius 3 is 1.89 bits per heavy atom. The molecule has 1 aromatic carbocycles. The molecule has 1 aromatic rings. The van der Waals surface area contributed by atoms with Gasteiger partial charge in [0, 0.05) is 5.56 Å². The summed E-state index contributed by atoms with van der Waals surface area (Å²) < 4.78 is 5.76. The van der Waals surface area contributed by atoms with Gasteiger partial charge in [-0.05, 0) is 74.2 Å². The highest BCUT2D eigenvalue weighted by Crippen LogP contribution is 2.60. The van der Waals surface area contributed by atoms with Gasteiger partial charge in [-0.1, -0.05) is 45.0 Å². The van der Waals surface area contributed by atoms with Crippen LogP contribution in [0.2, 0.25) is 0 Å². The lowest BCUT2D eigenvalue weighted by atomic mass is 9.49. The molecule has 0 unspecified atom stereocenters. The first kappa shape index (κ1) is 18.7. The number of hydrogen-bond acceptors (Lipinski definition) is 3. The Bertz CT molecular complexity index is 703. The van der Waals surface area contributed by atoms with Gasteiger partial charge in [-0.3, -0.25) is 9.59 Å². The van der Waals surface area contributed by atoms with Crippen LogP contribution in [-0.2, 0) is 14.9 Å². The minimum absolute atomic E-state index is 0.0537. The largest absolute Gasteiger partial charge is 0.454 e. The second-order valence-electron chi connectivity index (χ2n) is 10.4. The molecule has 146 valence electrons. The number of carbonyl (C=O) groups excluding carboxylic acids is 2. The van der Waals surface area contributed by atoms with Crippen LogP contribution in [0, 0.1) is 23.2 Å². The molecule has 0 radical (unpaired) electrons. The van der Waals surface area contributed by atoms with Gasteiger partial charge in [0.15, 0.2) is 6.10 Å². The van der Waals surface area contributed by atoms with Crippen LogP contribution in [0.4, 0.5) is 0 Å². The van der Waals surface area contributed by atoms with E-state index in [2.05, 4.69) is 20.8 Å². The fourth-order valence-corrected chi connectivity index (χ4v) is 6.07. The molecule has 0 heterocycles. The molecule has 4 aliphatic rings. The first-order valence-corrected chi connectivity index (χ1v) is 10.5. The second-order valence-corrected chi connectivity index (χ2v) is 10.4. The Morgan fingerprint density at radius 1 is 0.963 bits per heavy atom. The molecule has 0 N–H and O–H groups in total. The van der Waals surface area contributed by atoms with Gasteiger partial charge < -0.3 is 4.74 Å².